The normalized spacial score (nSPS) is 11.0. The van der Waals surface area contributed by atoms with E-state index in [1.165, 1.54) is 22.9 Å². The van der Waals surface area contributed by atoms with Gasteiger partial charge >= 0.3 is 0 Å². The van der Waals surface area contributed by atoms with Gasteiger partial charge in [-0.3, -0.25) is 4.79 Å². The average molecular weight is 331 g/mol. The number of ether oxygens (including phenoxy) is 1. The minimum atomic E-state index is -0.913. The summed E-state index contributed by atoms with van der Waals surface area (Å²) >= 11 is 12.0. The van der Waals surface area contributed by atoms with Gasteiger partial charge in [0.15, 0.2) is 11.6 Å². The third-order valence-corrected chi connectivity index (χ3v) is 3.33. The van der Waals surface area contributed by atoms with Gasteiger partial charge in [-0.1, -0.05) is 23.2 Å². The number of benzene rings is 1. The molecule has 0 aliphatic heterocycles. The smallest absolute Gasteiger partial charge is 0.287 e. The highest BCUT2D eigenvalue weighted by Crippen LogP contribution is 2.38. The molecule has 0 saturated heterocycles. The summed E-state index contributed by atoms with van der Waals surface area (Å²) in [5.41, 5.74) is 5.27. The van der Waals surface area contributed by atoms with Crippen LogP contribution in [-0.4, -0.2) is 4.57 Å². The number of halogens is 3. The Hall–Kier alpha value is -1.72. The molecule has 112 valence electrons. The van der Waals surface area contributed by atoms with E-state index in [4.69, 9.17) is 33.7 Å². The number of nitrogens with zero attached hydrogens (tertiary/aromatic N) is 1. The van der Waals surface area contributed by atoms with E-state index in [1.807, 2.05) is 0 Å². The van der Waals surface area contributed by atoms with Crippen LogP contribution >= 0.6 is 23.2 Å². The molecule has 1 heterocycles. The monoisotopic (exact) mass is 330 g/mol. The van der Waals surface area contributed by atoms with Crippen LogP contribution in [0.15, 0.2) is 29.2 Å². The summed E-state index contributed by atoms with van der Waals surface area (Å²) in [6, 6.07) is 3.72. The summed E-state index contributed by atoms with van der Waals surface area (Å²) in [4.78, 5) is 11.7. The number of aromatic nitrogens is 1. The molecule has 0 fully saturated rings. The topological polar surface area (TPSA) is 57.2 Å². The van der Waals surface area contributed by atoms with Gasteiger partial charge in [0, 0.05) is 17.8 Å². The molecule has 1 aromatic heterocycles. The van der Waals surface area contributed by atoms with Gasteiger partial charge in [0.25, 0.3) is 5.56 Å². The van der Waals surface area contributed by atoms with E-state index in [0.29, 0.717) is 5.69 Å². The quantitative estimate of drug-likeness (QED) is 0.856. The fourth-order valence-electron chi connectivity index (χ4n) is 1.78. The van der Waals surface area contributed by atoms with Crippen molar-refractivity contribution < 1.29 is 9.13 Å². The van der Waals surface area contributed by atoms with Crippen LogP contribution in [0.4, 0.5) is 10.1 Å². The number of hydrogen-bond acceptors (Lipinski definition) is 3. The lowest BCUT2D eigenvalue weighted by Crippen LogP contribution is -2.24. The lowest BCUT2D eigenvalue weighted by molar-refractivity contribution is 0.449. The zero-order chi connectivity index (χ0) is 15.7. The molecule has 7 heteroatoms. The maximum Gasteiger partial charge on any atom is 0.287 e. The minimum absolute atomic E-state index is 0.120. The molecular weight excluding hydrogens is 318 g/mol. The second-order valence-electron chi connectivity index (χ2n) is 4.75. The molecule has 0 bridgehead atoms. The maximum atomic E-state index is 13.7. The molecule has 1 aromatic carbocycles. The first kappa shape index (κ1) is 15.7. The predicted octanol–water partition coefficient (Wildman–Crippen LogP) is 4.25. The highest BCUT2D eigenvalue weighted by Gasteiger charge is 2.14. The molecular formula is C14H13Cl2FN2O2. The summed E-state index contributed by atoms with van der Waals surface area (Å²) in [7, 11) is 0. The van der Waals surface area contributed by atoms with Gasteiger partial charge in [0.1, 0.15) is 5.75 Å². The van der Waals surface area contributed by atoms with Crippen LogP contribution < -0.4 is 16.0 Å². The Labute approximate surface area is 130 Å². The molecule has 2 aromatic rings. The Balaban J connectivity index is 2.48. The van der Waals surface area contributed by atoms with E-state index >= 15 is 0 Å². The fourth-order valence-corrected chi connectivity index (χ4v) is 2.36. The Morgan fingerprint density at radius 1 is 1.24 bits per heavy atom. The van der Waals surface area contributed by atoms with E-state index in [-0.39, 0.29) is 27.6 Å². The molecule has 2 rings (SSSR count). The molecule has 0 aliphatic carbocycles. The van der Waals surface area contributed by atoms with Crippen LogP contribution in [-0.2, 0) is 0 Å². The van der Waals surface area contributed by atoms with Gasteiger partial charge in [-0.15, -0.1) is 0 Å². The molecule has 2 N–H and O–H groups in total. The van der Waals surface area contributed by atoms with Crippen LogP contribution in [0, 0.1) is 5.82 Å². The van der Waals surface area contributed by atoms with Gasteiger partial charge in [-0.05, 0) is 26.0 Å². The molecule has 0 spiro atoms. The van der Waals surface area contributed by atoms with Crippen molar-refractivity contribution in [3.63, 3.8) is 0 Å². The molecule has 0 aliphatic rings. The molecule has 0 unspecified atom stereocenters. The largest absolute Gasteiger partial charge is 0.453 e. The van der Waals surface area contributed by atoms with Crippen LogP contribution in [0.3, 0.4) is 0 Å². The lowest BCUT2D eigenvalue weighted by Gasteiger charge is -2.14. The van der Waals surface area contributed by atoms with Crippen molar-refractivity contribution >= 4 is 28.9 Å². The Kier molecular flexibility index (Phi) is 4.44. The van der Waals surface area contributed by atoms with Crippen molar-refractivity contribution in [1.29, 1.82) is 0 Å². The third-order valence-electron chi connectivity index (χ3n) is 2.77. The number of hydrogen-bond donors (Lipinski definition) is 1. The van der Waals surface area contributed by atoms with Gasteiger partial charge in [0.2, 0.25) is 0 Å². The number of anilines is 1. The van der Waals surface area contributed by atoms with Gasteiger partial charge in [0.05, 0.1) is 16.2 Å². The second kappa shape index (κ2) is 5.95. The Bertz CT molecular complexity index is 721. The summed E-state index contributed by atoms with van der Waals surface area (Å²) < 4.78 is 20.4. The Morgan fingerprint density at radius 2 is 1.81 bits per heavy atom. The van der Waals surface area contributed by atoms with E-state index in [1.54, 1.807) is 13.8 Å². The average Bonchev–Trinajstić information content (AvgIpc) is 2.37. The zero-order valence-corrected chi connectivity index (χ0v) is 12.9. The van der Waals surface area contributed by atoms with Crippen molar-refractivity contribution in [1.82, 2.24) is 4.57 Å². The zero-order valence-electron chi connectivity index (χ0n) is 11.4. The lowest BCUT2D eigenvalue weighted by atomic mass is 10.3. The first-order valence-electron chi connectivity index (χ1n) is 6.13. The van der Waals surface area contributed by atoms with Gasteiger partial charge in [-0.2, -0.15) is 0 Å². The van der Waals surface area contributed by atoms with Crippen molar-refractivity contribution in [3.8, 4) is 11.5 Å². The molecule has 0 amide bonds. The number of rotatable bonds is 3. The molecule has 4 nitrogen and oxygen atoms in total. The van der Waals surface area contributed by atoms with Crippen molar-refractivity contribution in [2.45, 2.75) is 19.9 Å². The van der Waals surface area contributed by atoms with Crippen molar-refractivity contribution in [3.05, 3.63) is 50.6 Å². The van der Waals surface area contributed by atoms with Crippen molar-refractivity contribution in [2.75, 3.05) is 5.73 Å². The highest BCUT2D eigenvalue weighted by atomic mass is 35.5. The summed E-state index contributed by atoms with van der Waals surface area (Å²) in [5, 5.41) is 0.394. The summed E-state index contributed by atoms with van der Waals surface area (Å²) in [5.74, 6) is -0.640. The first-order chi connectivity index (χ1) is 9.79. The second-order valence-corrected chi connectivity index (χ2v) is 5.56. The standard InChI is InChI=1S/C14H13Cl2FN2O2/c1-7(2)19-6-9(5-12(17)14(19)20)21-13-10(15)3-8(18)4-11(13)16/h3-7H,18H2,1-2H3. The minimum Gasteiger partial charge on any atom is -0.453 e. The number of nitrogen functional groups attached to an aromatic ring is 1. The van der Waals surface area contributed by atoms with Gasteiger partial charge in [-0.25, -0.2) is 4.39 Å². The third kappa shape index (κ3) is 3.31. The molecule has 0 atom stereocenters. The van der Waals surface area contributed by atoms with E-state index in [2.05, 4.69) is 0 Å². The van der Waals surface area contributed by atoms with Crippen LogP contribution in [0.25, 0.3) is 0 Å². The molecule has 0 saturated carbocycles. The molecule has 0 radical (unpaired) electrons. The molecule has 21 heavy (non-hydrogen) atoms. The summed E-state index contributed by atoms with van der Waals surface area (Å²) in [6.45, 7) is 3.52. The Morgan fingerprint density at radius 3 is 2.33 bits per heavy atom. The number of pyridine rings is 1. The number of nitrogens with two attached hydrogens (primary N) is 1. The summed E-state index contributed by atoms with van der Waals surface area (Å²) in [6.07, 6.45) is 1.40. The van der Waals surface area contributed by atoms with Crippen LogP contribution in [0.1, 0.15) is 19.9 Å². The van der Waals surface area contributed by atoms with Gasteiger partial charge < -0.3 is 15.0 Å². The van der Waals surface area contributed by atoms with E-state index in [0.717, 1.165) is 6.07 Å². The van der Waals surface area contributed by atoms with E-state index < -0.39 is 11.4 Å². The highest BCUT2D eigenvalue weighted by molar-refractivity contribution is 6.37. The maximum absolute atomic E-state index is 13.7. The predicted molar refractivity (Wildman–Crippen MR) is 82.0 cm³/mol. The van der Waals surface area contributed by atoms with E-state index in [9.17, 15) is 9.18 Å². The fraction of sp³-hybridized carbons (Fsp3) is 0.214. The SMILES string of the molecule is CC(C)n1cc(Oc2c(Cl)cc(N)cc2Cl)cc(F)c1=O. The van der Waals surface area contributed by atoms with Crippen molar-refractivity contribution in [2.24, 2.45) is 0 Å². The van der Waals surface area contributed by atoms with Crippen LogP contribution in [0.2, 0.25) is 10.0 Å². The van der Waals surface area contributed by atoms with Crippen LogP contribution in [0.5, 0.6) is 11.5 Å². The first-order valence-corrected chi connectivity index (χ1v) is 6.89.